The van der Waals surface area contributed by atoms with Gasteiger partial charge in [0.1, 0.15) is 10.8 Å². The Morgan fingerprint density at radius 1 is 1.43 bits per heavy atom. The van der Waals surface area contributed by atoms with Gasteiger partial charge in [-0.1, -0.05) is 43.9 Å². The molecule has 0 aliphatic rings. The first-order chi connectivity index (χ1) is 9.75. The molecule has 0 radical (unpaired) electrons. The van der Waals surface area contributed by atoms with Crippen LogP contribution in [-0.2, 0) is 17.3 Å². The molecule has 0 saturated carbocycles. The summed E-state index contributed by atoms with van der Waals surface area (Å²) in [6.45, 7) is 8.17. The van der Waals surface area contributed by atoms with Gasteiger partial charge in [0.2, 0.25) is 5.91 Å². The predicted octanol–water partition coefficient (Wildman–Crippen LogP) is 2.61. The van der Waals surface area contributed by atoms with E-state index in [1.165, 1.54) is 23.1 Å². The largest absolute Gasteiger partial charge is 0.310 e. The lowest BCUT2D eigenvalue weighted by Gasteiger charge is -2.13. The molecule has 1 amide bonds. The van der Waals surface area contributed by atoms with Gasteiger partial charge < -0.3 is 5.32 Å². The summed E-state index contributed by atoms with van der Waals surface area (Å²) in [5.41, 5.74) is 0.909. The van der Waals surface area contributed by atoms with Crippen LogP contribution in [0, 0.1) is 6.92 Å². The molecular formula is C13H19N5OS2. The van der Waals surface area contributed by atoms with Crippen LogP contribution in [0.2, 0.25) is 0 Å². The number of carbonyl (C=O) groups is 1. The number of thioether (sulfide) groups is 1. The van der Waals surface area contributed by atoms with Gasteiger partial charge in [0.15, 0.2) is 4.34 Å². The zero-order chi connectivity index (χ0) is 15.6. The molecule has 0 aliphatic carbocycles. The van der Waals surface area contributed by atoms with E-state index in [-0.39, 0.29) is 11.3 Å². The van der Waals surface area contributed by atoms with Crippen LogP contribution in [0.1, 0.15) is 31.5 Å². The number of carbonyl (C=O) groups excluding carboxylic acids is 1. The van der Waals surface area contributed by atoms with Crippen LogP contribution in [0.4, 0.5) is 5.82 Å². The summed E-state index contributed by atoms with van der Waals surface area (Å²) in [4.78, 5) is 12.0. The van der Waals surface area contributed by atoms with Gasteiger partial charge >= 0.3 is 0 Å². The van der Waals surface area contributed by atoms with Gasteiger partial charge in [-0.3, -0.25) is 9.48 Å². The molecule has 8 heteroatoms. The number of hydrogen-bond acceptors (Lipinski definition) is 6. The molecule has 0 bridgehead atoms. The minimum Gasteiger partial charge on any atom is -0.310 e. The molecule has 6 nitrogen and oxygen atoms in total. The Kier molecular flexibility index (Phi) is 4.67. The maximum Gasteiger partial charge on any atom is 0.235 e. The van der Waals surface area contributed by atoms with E-state index in [4.69, 9.17) is 0 Å². The number of anilines is 1. The Balaban J connectivity index is 1.95. The zero-order valence-corrected chi connectivity index (χ0v) is 14.4. The van der Waals surface area contributed by atoms with Crippen molar-refractivity contribution in [3.8, 4) is 0 Å². The smallest absolute Gasteiger partial charge is 0.235 e. The quantitative estimate of drug-likeness (QED) is 0.875. The van der Waals surface area contributed by atoms with Gasteiger partial charge in [-0.2, -0.15) is 5.10 Å². The minimum absolute atomic E-state index is 0.0421. The molecule has 0 saturated heterocycles. The second-order valence-electron chi connectivity index (χ2n) is 5.71. The molecule has 2 rings (SSSR count). The van der Waals surface area contributed by atoms with E-state index < -0.39 is 0 Å². The fourth-order valence-electron chi connectivity index (χ4n) is 1.59. The van der Waals surface area contributed by atoms with Crippen molar-refractivity contribution in [3.63, 3.8) is 0 Å². The van der Waals surface area contributed by atoms with Crippen LogP contribution in [0.25, 0.3) is 0 Å². The number of rotatable bonds is 4. The number of aryl methyl sites for hydroxylation is 2. The van der Waals surface area contributed by atoms with Crippen molar-refractivity contribution in [2.45, 2.75) is 37.4 Å². The Morgan fingerprint density at radius 2 is 2.14 bits per heavy atom. The van der Waals surface area contributed by atoms with Crippen molar-refractivity contribution >= 4 is 34.8 Å². The number of hydrogen-bond donors (Lipinski definition) is 1. The van der Waals surface area contributed by atoms with Crippen molar-refractivity contribution in [3.05, 3.63) is 16.8 Å². The van der Waals surface area contributed by atoms with Gasteiger partial charge in [-0.15, -0.1) is 10.2 Å². The van der Waals surface area contributed by atoms with E-state index in [2.05, 4.69) is 41.4 Å². The average Bonchev–Trinajstić information content (AvgIpc) is 2.94. The third-order valence-electron chi connectivity index (χ3n) is 2.75. The standard InChI is InChI=1S/C13H19N5OS2/c1-8-15-16-12(21-8)20-7-11(19)14-10-6-9(13(2,3)4)17-18(10)5/h6H,7H2,1-5H3,(H,14,19). The summed E-state index contributed by atoms with van der Waals surface area (Å²) in [7, 11) is 1.83. The van der Waals surface area contributed by atoms with Crippen molar-refractivity contribution in [1.29, 1.82) is 0 Å². The molecule has 0 aromatic carbocycles. The monoisotopic (exact) mass is 325 g/mol. The number of nitrogens with one attached hydrogen (secondary N) is 1. The van der Waals surface area contributed by atoms with Gasteiger partial charge in [-0.05, 0) is 6.92 Å². The van der Waals surface area contributed by atoms with Crippen LogP contribution < -0.4 is 5.32 Å². The van der Waals surface area contributed by atoms with Crippen molar-refractivity contribution in [2.24, 2.45) is 7.05 Å². The fourth-order valence-corrected chi connectivity index (χ4v) is 3.21. The van der Waals surface area contributed by atoms with E-state index in [0.717, 1.165) is 15.0 Å². The third-order valence-corrected chi connectivity index (χ3v) is 4.72. The molecule has 0 unspecified atom stereocenters. The van der Waals surface area contributed by atoms with Crippen LogP contribution in [0.5, 0.6) is 0 Å². The van der Waals surface area contributed by atoms with E-state index in [0.29, 0.717) is 11.6 Å². The van der Waals surface area contributed by atoms with Crippen LogP contribution in [0.15, 0.2) is 10.4 Å². The molecule has 1 N–H and O–H groups in total. The van der Waals surface area contributed by atoms with Crippen molar-refractivity contribution < 1.29 is 4.79 Å². The van der Waals surface area contributed by atoms with Gasteiger partial charge in [0, 0.05) is 18.5 Å². The normalized spacial score (nSPS) is 11.7. The maximum atomic E-state index is 12.0. The molecule has 0 aliphatic heterocycles. The van der Waals surface area contributed by atoms with Crippen molar-refractivity contribution in [1.82, 2.24) is 20.0 Å². The molecule has 114 valence electrons. The summed E-state index contributed by atoms with van der Waals surface area (Å²) in [5.74, 6) is 0.945. The Morgan fingerprint density at radius 3 is 2.67 bits per heavy atom. The minimum atomic E-state index is -0.0729. The lowest BCUT2D eigenvalue weighted by atomic mass is 9.92. The summed E-state index contributed by atoms with van der Waals surface area (Å²) >= 11 is 2.88. The first-order valence-electron chi connectivity index (χ1n) is 6.53. The van der Waals surface area contributed by atoms with Gasteiger partial charge in [0.25, 0.3) is 0 Å². The highest BCUT2D eigenvalue weighted by molar-refractivity contribution is 8.01. The van der Waals surface area contributed by atoms with E-state index in [1.807, 2.05) is 20.0 Å². The Hall–Kier alpha value is -1.41. The van der Waals surface area contributed by atoms with Gasteiger partial charge in [-0.25, -0.2) is 0 Å². The third kappa shape index (κ3) is 4.28. The summed E-state index contributed by atoms with van der Waals surface area (Å²) in [6.07, 6.45) is 0. The summed E-state index contributed by atoms with van der Waals surface area (Å²) in [5, 5.41) is 16.1. The first kappa shape index (κ1) is 16.0. The van der Waals surface area contributed by atoms with Crippen molar-refractivity contribution in [2.75, 3.05) is 11.1 Å². The molecular weight excluding hydrogens is 306 g/mol. The lowest BCUT2D eigenvalue weighted by molar-refractivity contribution is -0.113. The topological polar surface area (TPSA) is 72.7 Å². The first-order valence-corrected chi connectivity index (χ1v) is 8.33. The second-order valence-corrected chi connectivity index (χ2v) is 8.12. The molecule has 2 aromatic rings. The van der Waals surface area contributed by atoms with Gasteiger partial charge in [0.05, 0.1) is 11.4 Å². The van der Waals surface area contributed by atoms with E-state index >= 15 is 0 Å². The fraction of sp³-hybridized carbons (Fsp3) is 0.538. The van der Waals surface area contributed by atoms with E-state index in [9.17, 15) is 4.79 Å². The average molecular weight is 325 g/mol. The SMILES string of the molecule is Cc1nnc(SCC(=O)Nc2cc(C(C)(C)C)nn2C)s1. The Bertz CT molecular complexity index is 641. The van der Waals surface area contributed by atoms with Crippen LogP contribution in [0.3, 0.4) is 0 Å². The number of nitrogens with zero attached hydrogens (tertiary/aromatic N) is 4. The highest BCUT2D eigenvalue weighted by Crippen LogP contribution is 2.24. The molecule has 0 atom stereocenters. The maximum absolute atomic E-state index is 12.0. The molecule has 2 heterocycles. The highest BCUT2D eigenvalue weighted by Gasteiger charge is 2.19. The highest BCUT2D eigenvalue weighted by atomic mass is 32.2. The number of amides is 1. The second kappa shape index (κ2) is 6.15. The van der Waals surface area contributed by atoms with E-state index in [1.54, 1.807) is 4.68 Å². The number of aromatic nitrogens is 4. The zero-order valence-electron chi connectivity index (χ0n) is 12.8. The molecule has 21 heavy (non-hydrogen) atoms. The predicted molar refractivity (Wildman–Crippen MR) is 85.9 cm³/mol. The molecule has 0 fully saturated rings. The Labute approximate surface area is 132 Å². The summed E-state index contributed by atoms with van der Waals surface area (Å²) < 4.78 is 2.50. The van der Waals surface area contributed by atoms with Crippen LogP contribution in [-0.4, -0.2) is 31.6 Å². The summed E-state index contributed by atoms with van der Waals surface area (Å²) in [6, 6.07) is 1.91. The van der Waals surface area contributed by atoms with Crippen LogP contribution >= 0.6 is 23.1 Å². The lowest BCUT2D eigenvalue weighted by Crippen LogP contribution is -2.16. The molecule has 2 aromatic heterocycles. The molecule has 0 spiro atoms.